The number of nitrogens with one attached hydrogen (secondary N) is 3. The molecule has 142 valence electrons. The largest absolute Gasteiger partial charge is 0.361 e. The molecule has 8 heteroatoms. The SMILES string of the molecule is O=C(Nc1cccc(CSc2ncnc3[nH]ncc23)c1)c1ccc2cc[nH]c2c1. The van der Waals surface area contributed by atoms with Crippen molar-refractivity contribution in [3.8, 4) is 0 Å². The van der Waals surface area contributed by atoms with Crippen molar-refractivity contribution < 1.29 is 4.79 Å². The highest BCUT2D eigenvalue weighted by atomic mass is 32.2. The Kier molecular flexibility index (Phi) is 4.45. The zero-order chi connectivity index (χ0) is 19.6. The van der Waals surface area contributed by atoms with Crippen LogP contribution in [0.4, 0.5) is 5.69 Å². The first-order valence-corrected chi connectivity index (χ1v) is 9.99. The van der Waals surface area contributed by atoms with Crippen molar-refractivity contribution in [2.45, 2.75) is 10.8 Å². The number of anilines is 1. The van der Waals surface area contributed by atoms with E-state index in [2.05, 4.69) is 30.5 Å². The molecule has 0 bridgehead atoms. The minimum atomic E-state index is -0.137. The molecule has 3 heterocycles. The predicted octanol–water partition coefficient (Wildman–Crippen LogP) is 4.38. The van der Waals surface area contributed by atoms with Crippen LogP contribution in [0.2, 0.25) is 0 Å². The smallest absolute Gasteiger partial charge is 0.255 e. The van der Waals surface area contributed by atoms with Crippen molar-refractivity contribution in [2.75, 3.05) is 5.32 Å². The molecule has 0 fully saturated rings. The van der Waals surface area contributed by atoms with Gasteiger partial charge in [-0.1, -0.05) is 18.2 Å². The summed E-state index contributed by atoms with van der Waals surface area (Å²) in [6, 6.07) is 15.4. The molecule has 0 unspecified atom stereocenters. The Hall–Kier alpha value is -3.65. The lowest BCUT2D eigenvalue weighted by atomic mass is 10.1. The predicted molar refractivity (Wildman–Crippen MR) is 114 cm³/mol. The second-order valence-corrected chi connectivity index (χ2v) is 7.50. The van der Waals surface area contributed by atoms with Gasteiger partial charge < -0.3 is 10.3 Å². The van der Waals surface area contributed by atoms with Gasteiger partial charge in [0.1, 0.15) is 11.4 Å². The second kappa shape index (κ2) is 7.40. The number of rotatable bonds is 5. The number of aromatic amines is 2. The van der Waals surface area contributed by atoms with Crippen LogP contribution in [0, 0.1) is 0 Å². The maximum Gasteiger partial charge on any atom is 0.255 e. The van der Waals surface area contributed by atoms with Crippen molar-refractivity contribution in [3.63, 3.8) is 0 Å². The van der Waals surface area contributed by atoms with Crippen molar-refractivity contribution in [3.05, 3.63) is 78.4 Å². The van der Waals surface area contributed by atoms with E-state index in [1.165, 1.54) is 6.33 Å². The molecular formula is C21H16N6OS. The minimum Gasteiger partial charge on any atom is -0.361 e. The quantitative estimate of drug-likeness (QED) is 0.300. The van der Waals surface area contributed by atoms with E-state index >= 15 is 0 Å². The van der Waals surface area contributed by atoms with Gasteiger partial charge >= 0.3 is 0 Å². The van der Waals surface area contributed by atoms with Crippen LogP contribution < -0.4 is 5.32 Å². The Bertz CT molecular complexity index is 1330. The number of nitrogens with zero attached hydrogens (tertiary/aromatic N) is 3. The molecule has 0 radical (unpaired) electrons. The van der Waals surface area contributed by atoms with E-state index in [9.17, 15) is 4.79 Å². The van der Waals surface area contributed by atoms with E-state index in [-0.39, 0.29) is 5.91 Å². The molecular weight excluding hydrogens is 384 g/mol. The maximum atomic E-state index is 12.6. The zero-order valence-electron chi connectivity index (χ0n) is 15.2. The van der Waals surface area contributed by atoms with E-state index in [1.807, 2.05) is 54.7 Å². The molecule has 0 saturated carbocycles. The van der Waals surface area contributed by atoms with Crippen LogP contribution in [-0.4, -0.2) is 31.1 Å². The fourth-order valence-electron chi connectivity index (χ4n) is 3.14. The molecule has 29 heavy (non-hydrogen) atoms. The molecule has 3 N–H and O–H groups in total. The van der Waals surface area contributed by atoms with E-state index in [4.69, 9.17) is 0 Å². The van der Waals surface area contributed by atoms with Crippen molar-refractivity contribution in [2.24, 2.45) is 0 Å². The summed E-state index contributed by atoms with van der Waals surface area (Å²) in [6.45, 7) is 0. The van der Waals surface area contributed by atoms with Crippen LogP contribution in [-0.2, 0) is 5.75 Å². The van der Waals surface area contributed by atoms with E-state index < -0.39 is 0 Å². The Morgan fingerprint density at radius 3 is 3.03 bits per heavy atom. The number of carbonyl (C=O) groups excluding carboxylic acids is 1. The van der Waals surface area contributed by atoms with Crippen molar-refractivity contribution in [1.82, 2.24) is 25.1 Å². The van der Waals surface area contributed by atoms with Gasteiger partial charge in [-0.25, -0.2) is 9.97 Å². The lowest BCUT2D eigenvalue weighted by Gasteiger charge is -2.08. The lowest BCUT2D eigenvalue weighted by Crippen LogP contribution is -2.11. The van der Waals surface area contributed by atoms with Gasteiger partial charge in [0.05, 0.1) is 11.6 Å². The summed E-state index contributed by atoms with van der Waals surface area (Å²) in [5, 5.41) is 12.7. The molecule has 0 spiro atoms. The number of H-pyrrole nitrogens is 2. The first-order chi connectivity index (χ1) is 14.3. The number of benzene rings is 2. The normalized spacial score (nSPS) is 11.2. The van der Waals surface area contributed by atoms with Crippen LogP contribution in [0.1, 0.15) is 15.9 Å². The Balaban J connectivity index is 1.30. The van der Waals surface area contributed by atoms with Crippen LogP contribution in [0.3, 0.4) is 0 Å². The molecule has 0 aliphatic carbocycles. The third-order valence-electron chi connectivity index (χ3n) is 4.59. The zero-order valence-corrected chi connectivity index (χ0v) is 16.0. The highest BCUT2D eigenvalue weighted by Crippen LogP contribution is 2.27. The number of hydrogen-bond acceptors (Lipinski definition) is 5. The third-order valence-corrected chi connectivity index (χ3v) is 5.67. The third kappa shape index (κ3) is 3.57. The fourth-order valence-corrected chi connectivity index (χ4v) is 4.05. The first kappa shape index (κ1) is 17.4. The number of fused-ring (bicyclic) bond motifs is 2. The molecule has 0 atom stereocenters. The van der Waals surface area contributed by atoms with Gasteiger partial charge in [-0.15, -0.1) is 11.8 Å². The van der Waals surface area contributed by atoms with E-state index in [0.29, 0.717) is 5.56 Å². The lowest BCUT2D eigenvalue weighted by molar-refractivity contribution is 0.102. The molecule has 5 aromatic rings. The summed E-state index contributed by atoms with van der Waals surface area (Å²) in [5.41, 5.74) is 4.13. The summed E-state index contributed by atoms with van der Waals surface area (Å²) < 4.78 is 0. The van der Waals surface area contributed by atoms with Crippen LogP contribution >= 0.6 is 11.8 Å². The molecule has 0 aliphatic rings. The van der Waals surface area contributed by atoms with Crippen LogP contribution in [0.15, 0.2) is 72.3 Å². The number of amides is 1. The highest BCUT2D eigenvalue weighted by molar-refractivity contribution is 7.98. The molecule has 5 rings (SSSR count). The van der Waals surface area contributed by atoms with Gasteiger partial charge in [-0.3, -0.25) is 9.89 Å². The maximum absolute atomic E-state index is 12.6. The van der Waals surface area contributed by atoms with Crippen LogP contribution in [0.5, 0.6) is 0 Å². The minimum absolute atomic E-state index is 0.137. The Morgan fingerprint density at radius 2 is 2.07 bits per heavy atom. The number of hydrogen-bond donors (Lipinski definition) is 3. The molecule has 1 amide bonds. The Labute approximate surface area is 170 Å². The summed E-state index contributed by atoms with van der Waals surface area (Å²) in [5.74, 6) is 0.581. The van der Waals surface area contributed by atoms with Gasteiger partial charge in [-0.2, -0.15) is 5.10 Å². The van der Waals surface area contributed by atoms with Crippen molar-refractivity contribution >= 4 is 45.3 Å². The summed E-state index contributed by atoms with van der Waals surface area (Å²) in [7, 11) is 0. The molecule has 7 nitrogen and oxygen atoms in total. The summed E-state index contributed by atoms with van der Waals surface area (Å²) >= 11 is 1.61. The molecule has 0 aliphatic heterocycles. The summed E-state index contributed by atoms with van der Waals surface area (Å²) in [4.78, 5) is 24.3. The van der Waals surface area contributed by atoms with E-state index in [0.717, 1.165) is 44.0 Å². The number of aromatic nitrogens is 5. The molecule has 3 aromatic heterocycles. The summed E-state index contributed by atoms with van der Waals surface area (Å²) in [6.07, 6.45) is 5.12. The van der Waals surface area contributed by atoms with Gasteiger partial charge in [-0.05, 0) is 41.3 Å². The topological polar surface area (TPSA) is 99.3 Å². The van der Waals surface area contributed by atoms with Gasteiger partial charge in [0.25, 0.3) is 5.91 Å². The second-order valence-electron chi connectivity index (χ2n) is 6.53. The average Bonchev–Trinajstić information content (AvgIpc) is 3.41. The average molecular weight is 400 g/mol. The number of carbonyl (C=O) groups is 1. The Morgan fingerprint density at radius 1 is 1.10 bits per heavy atom. The number of thioether (sulfide) groups is 1. The standard InChI is InChI=1S/C21H16N6OS/c28-20(15-5-4-14-6-7-22-18(14)9-15)26-16-3-1-2-13(8-16)11-29-21-17-10-25-27-19(17)23-12-24-21/h1-10,12,22H,11H2,(H,26,28)(H,23,24,25,27). The van der Waals surface area contributed by atoms with E-state index in [1.54, 1.807) is 18.0 Å². The van der Waals surface area contributed by atoms with Gasteiger partial charge in [0.2, 0.25) is 0 Å². The van der Waals surface area contributed by atoms with Gasteiger partial charge in [0, 0.05) is 28.7 Å². The first-order valence-electron chi connectivity index (χ1n) is 9.00. The monoisotopic (exact) mass is 400 g/mol. The molecule has 0 saturated heterocycles. The van der Waals surface area contributed by atoms with Crippen LogP contribution in [0.25, 0.3) is 21.9 Å². The van der Waals surface area contributed by atoms with Crippen molar-refractivity contribution in [1.29, 1.82) is 0 Å². The van der Waals surface area contributed by atoms with Gasteiger partial charge in [0.15, 0.2) is 5.65 Å². The highest BCUT2D eigenvalue weighted by Gasteiger charge is 2.09. The molecule has 2 aromatic carbocycles. The fraction of sp³-hybridized carbons (Fsp3) is 0.0476.